The number of urea groups is 1. The van der Waals surface area contributed by atoms with Crippen LogP contribution in [0.2, 0.25) is 0 Å². The lowest BCUT2D eigenvalue weighted by Gasteiger charge is -2.35. The number of nitriles is 1. The average Bonchev–Trinajstić information content (AvgIpc) is 3.69. The fourth-order valence-corrected chi connectivity index (χ4v) is 4.26. The minimum Gasteiger partial charge on any atom is -0.336 e. The Labute approximate surface area is 221 Å². The first-order chi connectivity index (χ1) is 18.2. The van der Waals surface area contributed by atoms with Crippen LogP contribution in [0.5, 0.6) is 0 Å². The van der Waals surface area contributed by atoms with E-state index in [0.29, 0.717) is 44.0 Å². The molecule has 2 aromatic rings. The van der Waals surface area contributed by atoms with Crippen molar-refractivity contribution in [1.82, 2.24) is 15.1 Å². The highest BCUT2D eigenvalue weighted by Crippen LogP contribution is 2.44. The van der Waals surface area contributed by atoms with Gasteiger partial charge in [0.05, 0.1) is 17.2 Å². The Morgan fingerprint density at radius 1 is 1.05 bits per heavy atom. The highest BCUT2D eigenvalue weighted by atomic mass is 19.1. The van der Waals surface area contributed by atoms with E-state index in [2.05, 4.69) is 26.6 Å². The number of carbonyl (C=O) groups excluding carboxylic acids is 3. The van der Waals surface area contributed by atoms with E-state index < -0.39 is 17.3 Å². The van der Waals surface area contributed by atoms with Crippen molar-refractivity contribution < 1.29 is 18.8 Å². The zero-order valence-electron chi connectivity index (χ0n) is 21.6. The molecule has 4 rings (SSSR count). The van der Waals surface area contributed by atoms with Crippen molar-refractivity contribution in [3.8, 4) is 6.07 Å². The van der Waals surface area contributed by atoms with Crippen LogP contribution in [0, 0.1) is 22.6 Å². The predicted molar refractivity (Wildman–Crippen MR) is 141 cm³/mol. The summed E-state index contributed by atoms with van der Waals surface area (Å²) >= 11 is 0. The molecule has 1 saturated carbocycles. The summed E-state index contributed by atoms with van der Waals surface area (Å²) in [5, 5.41) is 14.1. The van der Waals surface area contributed by atoms with Gasteiger partial charge in [0.2, 0.25) is 0 Å². The summed E-state index contributed by atoms with van der Waals surface area (Å²) in [6.07, 6.45) is 1.48. The quantitative estimate of drug-likeness (QED) is 0.540. The molecule has 2 N–H and O–H groups in total. The Morgan fingerprint density at radius 2 is 1.79 bits per heavy atom. The number of carbonyl (C=O) groups is 3. The van der Waals surface area contributed by atoms with E-state index in [1.54, 1.807) is 24.8 Å². The topological polar surface area (TPSA) is 118 Å². The van der Waals surface area contributed by atoms with Crippen molar-refractivity contribution in [2.45, 2.75) is 33.2 Å². The van der Waals surface area contributed by atoms with Crippen molar-refractivity contribution in [3.63, 3.8) is 0 Å². The molecule has 2 fully saturated rings. The van der Waals surface area contributed by atoms with Gasteiger partial charge in [0.25, 0.3) is 11.8 Å². The van der Waals surface area contributed by atoms with Crippen LogP contribution in [0.25, 0.3) is 0 Å². The third kappa shape index (κ3) is 6.81. The molecular weight excluding hydrogens is 487 g/mol. The van der Waals surface area contributed by atoms with Gasteiger partial charge in [-0.3, -0.25) is 14.5 Å². The van der Waals surface area contributed by atoms with Crippen LogP contribution in [-0.2, 0) is 6.54 Å². The molecule has 0 bridgehead atoms. The number of rotatable bonds is 7. The molecule has 2 aliphatic rings. The number of nitrogens with zero attached hydrogens (tertiary/aromatic N) is 4. The number of benzene rings is 2. The van der Waals surface area contributed by atoms with Gasteiger partial charge in [-0.1, -0.05) is 12.1 Å². The first-order valence-electron chi connectivity index (χ1n) is 12.6. The fraction of sp³-hybridized carbons (Fsp3) is 0.393. The normalized spacial score (nSPS) is 16.2. The molecule has 1 aliphatic heterocycles. The second kappa shape index (κ2) is 11.5. The second-order valence-corrected chi connectivity index (χ2v) is 10.0. The number of anilines is 1. The maximum Gasteiger partial charge on any atom is 0.319 e. The molecule has 1 heterocycles. The number of nitrogens with one attached hydrogen (secondary N) is 2. The van der Waals surface area contributed by atoms with E-state index >= 15 is 0 Å². The predicted octanol–water partition coefficient (Wildman–Crippen LogP) is 3.83. The Balaban J connectivity index is 1.28. The summed E-state index contributed by atoms with van der Waals surface area (Å²) in [6, 6.07) is 13.0. The minimum atomic E-state index is -0.705. The van der Waals surface area contributed by atoms with E-state index in [-0.39, 0.29) is 29.6 Å². The molecule has 2 aromatic carbocycles. The van der Waals surface area contributed by atoms with Gasteiger partial charge in [-0.25, -0.2) is 14.2 Å². The number of piperazine rings is 1. The first kappa shape index (κ1) is 26.9. The number of hydrogen-bond acceptors (Lipinski definition) is 5. The molecule has 1 aliphatic carbocycles. The van der Waals surface area contributed by atoms with Crippen LogP contribution in [0.4, 0.5) is 14.9 Å². The smallest absolute Gasteiger partial charge is 0.319 e. The van der Waals surface area contributed by atoms with Gasteiger partial charge in [0.15, 0.2) is 0 Å². The summed E-state index contributed by atoms with van der Waals surface area (Å²) in [6.45, 7) is 6.68. The van der Waals surface area contributed by atoms with Crippen molar-refractivity contribution in [3.05, 3.63) is 65.0 Å². The molecule has 10 heteroatoms. The minimum absolute atomic E-state index is 0.0360. The van der Waals surface area contributed by atoms with Gasteiger partial charge < -0.3 is 15.5 Å². The lowest BCUT2D eigenvalue weighted by Crippen LogP contribution is -2.48. The summed E-state index contributed by atoms with van der Waals surface area (Å²) in [5.41, 5.74) is 1.92. The van der Waals surface area contributed by atoms with Crippen LogP contribution in [0.3, 0.4) is 0 Å². The fourth-order valence-electron chi connectivity index (χ4n) is 4.26. The number of aliphatic imine (C=N–C) groups is 1. The Kier molecular flexibility index (Phi) is 8.17. The summed E-state index contributed by atoms with van der Waals surface area (Å²) in [7, 11) is 0. The molecule has 9 nitrogen and oxygen atoms in total. The summed E-state index contributed by atoms with van der Waals surface area (Å²) in [4.78, 5) is 45.2. The van der Waals surface area contributed by atoms with Gasteiger partial charge >= 0.3 is 6.03 Å². The van der Waals surface area contributed by atoms with Crippen LogP contribution < -0.4 is 10.6 Å². The number of halogens is 1. The van der Waals surface area contributed by atoms with E-state index in [9.17, 15) is 18.8 Å². The molecule has 1 saturated heterocycles. The van der Waals surface area contributed by atoms with Crippen molar-refractivity contribution in [2.75, 3.05) is 38.0 Å². The van der Waals surface area contributed by atoms with Crippen LogP contribution >= 0.6 is 0 Å². The zero-order chi connectivity index (χ0) is 27.3. The van der Waals surface area contributed by atoms with E-state index in [1.165, 1.54) is 12.1 Å². The van der Waals surface area contributed by atoms with Gasteiger partial charge in [0.1, 0.15) is 5.82 Å². The summed E-state index contributed by atoms with van der Waals surface area (Å²) in [5.74, 6) is -1.24. The molecule has 0 atom stereocenters. The third-order valence-corrected chi connectivity index (χ3v) is 6.71. The SMILES string of the molecule is CC(C)=NC(=O)c1cccc(CN2CCN(C(=O)c3ccc(NC(=O)NCC4(C#N)CC4)c(F)c3)CC2)c1. The lowest BCUT2D eigenvalue weighted by atomic mass is 10.1. The van der Waals surface area contributed by atoms with Gasteiger partial charge in [-0.15, -0.1) is 0 Å². The molecule has 38 heavy (non-hydrogen) atoms. The third-order valence-electron chi connectivity index (χ3n) is 6.71. The van der Waals surface area contributed by atoms with Gasteiger partial charge in [-0.2, -0.15) is 5.26 Å². The van der Waals surface area contributed by atoms with Crippen molar-refractivity contribution >= 4 is 29.2 Å². The Morgan fingerprint density at radius 3 is 2.42 bits per heavy atom. The van der Waals surface area contributed by atoms with Crippen LogP contribution in [-0.4, -0.2) is 66.1 Å². The highest BCUT2D eigenvalue weighted by Gasteiger charge is 2.43. The largest absolute Gasteiger partial charge is 0.336 e. The molecule has 0 radical (unpaired) electrons. The highest BCUT2D eigenvalue weighted by molar-refractivity contribution is 6.02. The molecule has 198 valence electrons. The molecule has 0 aromatic heterocycles. The van der Waals surface area contributed by atoms with Gasteiger partial charge in [-0.05, 0) is 62.6 Å². The molecule has 4 amide bonds. The maximum atomic E-state index is 14.6. The Hall–Kier alpha value is -4.10. The lowest BCUT2D eigenvalue weighted by molar-refractivity contribution is 0.0627. The van der Waals surface area contributed by atoms with E-state index in [0.717, 1.165) is 24.5 Å². The average molecular weight is 519 g/mol. The van der Waals surface area contributed by atoms with Crippen LogP contribution in [0.1, 0.15) is 53.0 Å². The molecular formula is C28H31FN6O3. The number of amides is 4. The molecule has 0 unspecified atom stereocenters. The van der Waals surface area contributed by atoms with E-state index in [1.807, 2.05) is 18.2 Å². The second-order valence-electron chi connectivity index (χ2n) is 10.0. The van der Waals surface area contributed by atoms with E-state index in [4.69, 9.17) is 5.26 Å². The van der Waals surface area contributed by atoms with Crippen LogP contribution in [0.15, 0.2) is 47.5 Å². The summed E-state index contributed by atoms with van der Waals surface area (Å²) < 4.78 is 14.6. The molecule has 0 spiro atoms. The maximum absolute atomic E-state index is 14.6. The van der Waals surface area contributed by atoms with Crippen molar-refractivity contribution in [1.29, 1.82) is 5.26 Å². The standard InChI is InChI=1S/C28H31FN6O3/c1-19(2)32-25(36)21-5-3-4-20(14-21)16-34-10-12-35(13-11-34)26(37)22-6-7-24(23(29)15-22)33-27(38)31-18-28(17-30)8-9-28/h3-7,14-15H,8-13,16,18H2,1-2H3,(H2,31,33,38). The monoisotopic (exact) mass is 518 g/mol. The van der Waals surface area contributed by atoms with Gasteiger partial charge in [0, 0.05) is 56.1 Å². The number of hydrogen-bond donors (Lipinski definition) is 2. The Bertz CT molecular complexity index is 1300. The first-order valence-corrected chi connectivity index (χ1v) is 12.6. The van der Waals surface area contributed by atoms with Crippen molar-refractivity contribution in [2.24, 2.45) is 10.4 Å². The zero-order valence-corrected chi connectivity index (χ0v) is 21.6.